The van der Waals surface area contributed by atoms with Crippen LogP contribution in [0.4, 0.5) is 4.79 Å². The number of carbonyl (C=O) groups excluding carboxylic acids is 3. The first-order valence-corrected chi connectivity index (χ1v) is 20.6. The minimum atomic E-state index is -3.10. The first-order chi connectivity index (χ1) is 24.7. The number of carbonyl (C=O) groups is 3. The Morgan fingerprint density at radius 3 is 2.25 bits per heavy atom. The molecule has 0 spiro atoms. The Bertz CT molecular complexity index is 1740. The maximum absolute atomic E-state index is 13.5. The van der Waals surface area contributed by atoms with Crippen LogP contribution in [0.25, 0.3) is 0 Å². The summed E-state index contributed by atoms with van der Waals surface area (Å²) in [5.41, 5.74) is 1.86. The minimum absolute atomic E-state index is 0.0384. The van der Waals surface area contributed by atoms with Crippen molar-refractivity contribution in [3.8, 4) is 0 Å². The highest BCUT2D eigenvalue weighted by molar-refractivity contribution is 7.91. The van der Waals surface area contributed by atoms with Gasteiger partial charge in [0, 0.05) is 73.9 Å². The summed E-state index contributed by atoms with van der Waals surface area (Å²) in [6.45, 7) is 3.86. The molecule has 5 rings (SSSR count). The molecule has 0 radical (unpaired) electrons. The Morgan fingerprint density at radius 1 is 0.942 bits per heavy atom. The number of hydrogen-bond acceptors (Lipinski definition) is 8. The van der Waals surface area contributed by atoms with Gasteiger partial charge in [-0.25, -0.2) is 13.2 Å². The van der Waals surface area contributed by atoms with Crippen molar-refractivity contribution in [3.63, 3.8) is 0 Å². The van der Waals surface area contributed by atoms with Crippen molar-refractivity contribution in [2.45, 2.75) is 37.6 Å². The first kappa shape index (κ1) is 40.4. The molecular weight excluding hydrogens is 774 g/mol. The van der Waals surface area contributed by atoms with Crippen LogP contribution in [0, 0.1) is 0 Å². The summed E-state index contributed by atoms with van der Waals surface area (Å²) >= 11 is 25.1. The SMILES string of the molecule is CO/N=C(\CN(C)C(=O)c1cc(Cl)cc(Cl)c1)C(CCN1CCC(N2CCCN(CC(=O)N3CCS(=O)(=O)CC3)C2=O)CC1)c1ccc(Cl)c(Cl)c1. The molecule has 52 heavy (non-hydrogen) atoms. The van der Waals surface area contributed by atoms with Gasteiger partial charge in [0.25, 0.3) is 5.91 Å². The molecule has 4 amide bonds. The highest BCUT2D eigenvalue weighted by Gasteiger charge is 2.36. The Hall–Kier alpha value is -2.81. The number of urea groups is 1. The summed E-state index contributed by atoms with van der Waals surface area (Å²) in [6.07, 6.45) is 2.98. The van der Waals surface area contributed by atoms with Gasteiger partial charge in [-0.1, -0.05) is 57.6 Å². The summed E-state index contributed by atoms with van der Waals surface area (Å²) in [7, 11) is 0.0408. The van der Waals surface area contributed by atoms with Gasteiger partial charge < -0.3 is 29.3 Å². The fourth-order valence-corrected chi connectivity index (χ4v) is 9.10. The molecule has 3 aliphatic heterocycles. The molecule has 3 saturated heterocycles. The van der Waals surface area contributed by atoms with Crippen molar-refractivity contribution < 1.29 is 27.6 Å². The molecule has 1 atom stereocenters. The zero-order valence-corrected chi connectivity index (χ0v) is 33.1. The van der Waals surface area contributed by atoms with E-state index in [9.17, 15) is 22.8 Å². The van der Waals surface area contributed by atoms with Gasteiger partial charge in [-0.3, -0.25) is 9.59 Å². The average Bonchev–Trinajstić information content (AvgIpc) is 3.10. The number of amides is 4. The van der Waals surface area contributed by atoms with E-state index in [1.165, 1.54) is 7.11 Å². The number of likely N-dealkylation sites (tertiary alicyclic amines) is 1. The van der Waals surface area contributed by atoms with Crippen molar-refractivity contribution >= 4 is 79.8 Å². The Kier molecular flexibility index (Phi) is 14.0. The van der Waals surface area contributed by atoms with E-state index in [4.69, 9.17) is 51.2 Å². The number of sulfone groups is 1. The van der Waals surface area contributed by atoms with Crippen LogP contribution in [0.1, 0.15) is 47.5 Å². The number of piperidine rings is 1. The molecule has 284 valence electrons. The minimum Gasteiger partial charge on any atom is -0.399 e. The van der Waals surface area contributed by atoms with E-state index in [1.807, 2.05) is 17.0 Å². The molecule has 0 saturated carbocycles. The van der Waals surface area contributed by atoms with E-state index >= 15 is 0 Å². The second-order valence-electron chi connectivity index (χ2n) is 13.5. The second-order valence-corrected chi connectivity index (χ2v) is 17.4. The number of hydrogen-bond donors (Lipinski definition) is 0. The van der Waals surface area contributed by atoms with Crippen LogP contribution in [0.2, 0.25) is 20.1 Å². The molecule has 2 aromatic carbocycles. The van der Waals surface area contributed by atoms with Crippen LogP contribution in [0.5, 0.6) is 0 Å². The lowest BCUT2D eigenvalue weighted by atomic mass is 9.89. The molecule has 3 heterocycles. The van der Waals surface area contributed by atoms with Crippen LogP contribution < -0.4 is 0 Å². The number of nitrogens with zero attached hydrogens (tertiary/aromatic N) is 6. The predicted molar refractivity (Wildman–Crippen MR) is 205 cm³/mol. The average molecular weight is 819 g/mol. The normalized spacial score (nSPS) is 19.5. The van der Waals surface area contributed by atoms with E-state index < -0.39 is 9.84 Å². The molecule has 3 aliphatic rings. The number of oxime groups is 1. The Balaban J connectivity index is 1.21. The Labute approximate surface area is 325 Å². The summed E-state index contributed by atoms with van der Waals surface area (Å²) in [5, 5.41) is 5.94. The number of halogens is 4. The molecule has 0 aromatic heterocycles. The highest BCUT2D eigenvalue weighted by Crippen LogP contribution is 2.31. The van der Waals surface area contributed by atoms with Gasteiger partial charge in [0.15, 0.2) is 9.84 Å². The molecule has 1 unspecified atom stereocenters. The van der Waals surface area contributed by atoms with Crippen molar-refractivity contribution in [2.24, 2.45) is 5.16 Å². The molecule has 0 N–H and O–H groups in total. The van der Waals surface area contributed by atoms with E-state index in [-0.39, 0.29) is 67.5 Å². The van der Waals surface area contributed by atoms with Crippen LogP contribution in [0.15, 0.2) is 41.6 Å². The molecular formula is C35H44Cl4N6O6S. The van der Waals surface area contributed by atoms with Gasteiger partial charge in [-0.2, -0.15) is 0 Å². The van der Waals surface area contributed by atoms with Crippen LogP contribution >= 0.6 is 46.4 Å². The van der Waals surface area contributed by atoms with Crippen molar-refractivity contribution in [1.82, 2.24) is 24.5 Å². The lowest BCUT2D eigenvalue weighted by Gasteiger charge is -2.43. The van der Waals surface area contributed by atoms with Crippen molar-refractivity contribution in [3.05, 3.63) is 67.6 Å². The molecule has 2 aromatic rings. The molecule has 12 nitrogen and oxygen atoms in total. The van der Waals surface area contributed by atoms with Gasteiger partial charge in [-0.05, 0) is 68.1 Å². The third-order valence-corrected chi connectivity index (χ3v) is 12.7. The number of benzene rings is 2. The van der Waals surface area contributed by atoms with Crippen molar-refractivity contribution in [2.75, 3.05) is 84.6 Å². The summed E-state index contributed by atoms with van der Waals surface area (Å²) < 4.78 is 23.6. The summed E-state index contributed by atoms with van der Waals surface area (Å²) in [4.78, 5) is 54.1. The molecule has 3 fully saturated rings. The van der Waals surface area contributed by atoms with E-state index in [1.54, 1.807) is 46.0 Å². The fourth-order valence-electron chi connectivity index (χ4n) is 7.07. The van der Waals surface area contributed by atoms with Gasteiger partial charge in [0.05, 0.1) is 33.8 Å². The summed E-state index contributed by atoms with van der Waals surface area (Å²) in [5.74, 6) is -0.830. The lowest BCUT2D eigenvalue weighted by molar-refractivity contribution is -0.131. The quantitative estimate of drug-likeness (QED) is 0.208. The van der Waals surface area contributed by atoms with Crippen molar-refractivity contribution in [1.29, 1.82) is 0 Å². The third kappa shape index (κ3) is 10.4. The third-order valence-electron chi connectivity index (χ3n) is 9.91. The Morgan fingerprint density at radius 2 is 1.62 bits per heavy atom. The maximum Gasteiger partial charge on any atom is 0.320 e. The van der Waals surface area contributed by atoms with Gasteiger partial charge >= 0.3 is 6.03 Å². The molecule has 17 heteroatoms. The van der Waals surface area contributed by atoms with E-state index in [0.29, 0.717) is 57.4 Å². The van der Waals surface area contributed by atoms with E-state index in [2.05, 4.69) is 10.1 Å². The maximum atomic E-state index is 13.5. The lowest BCUT2D eigenvalue weighted by Crippen LogP contribution is -2.58. The fraction of sp³-hybridized carbons (Fsp3) is 0.543. The standard InChI is InChI=1S/C35H44Cl4N6O6S/c1-41(34(47)25-18-26(36)21-27(37)19-25)22-32(40-51-2)29(24-4-5-30(38)31(39)20-24)8-13-42-11-6-28(7-12-42)45-10-3-9-44(35(45)48)23-33(46)43-14-16-52(49,50)17-15-43/h4-5,18-21,28-29H,3,6-17,22-23H2,1-2H3/b40-32+. The van der Waals surface area contributed by atoms with Crippen LogP contribution in [0.3, 0.4) is 0 Å². The van der Waals surface area contributed by atoms with Gasteiger partial charge in [0.2, 0.25) is 5.91 Å². The molecule has 0 aliphatic carbocycles. The smallest absolute Gasteiger partial charge is 0.320 e. The monoisotopic (exact) mass is 816 g/mol. The molecule has 0 bridgehead atoms. The number of rotatable bonds is 12. The predicted octanol–water partition coefficient (Wildman–Crippen LogP) is 5.40. The summed E-state index contributed by atoms with van der Waals surface area (Å²) in [6, 6.07) is 10.1. The van der Waals surface area contributed by atoms with Gasteiger partial charge in [0.1, 0.15) is 13.7 Å². The van der Waals surface area contributed by atoms with E-state index in [0.717, 1.165) is 37.9 Å². The zero-order chi connectivity index (χ0) is 37.6. The highest BCUT2D eigenvalue weighted by atomic mass is 35.5. The topological polar surface area (TPSA) is 123 Å². The second kappa shape index (κ2) is 18.0. The zero-order valence-electron chi connectivity index (χ0n) is 29.3. The first-order valence-electron chi connectivity index (χ1n) is 17.3. The van der Waals surface area contributed by atoms with Gasteiger partial charge in [-0.15, -0.1) is 0 Å². The van der Waals surface area contributed by atoms with Crippen LogP contribution in [-0.4, -0.2) is 147 Å². The largest absolute Gasteiger partial charge is 0.399 e. The van der Waals surface area contributed by atoms with Crippen LogP contribution in [-0.2, 0) is 19.5 Å².